The molecule has 0 spiro atoms. The maximum absolute atomic E-state index is 11.6. The van der Waals surface area contributed by atoms with E-state index < -0.39 is 10.0 Å². The highest BCUT2D eigenvalue weighted by Gasteiger charge is 2.24. The first-order chi connectivity index (χ1) is 10.9. The molecule has 1 aromatic heterocycles. The van der Waals surface area contributed by atoms with Crippen molar-refractivity contribution in [1.82, 2.24) is 14.3 Å². The lowest BCUT2D eigenvalue weighted by Crippen LogP contribution is -2.48. The summed E-state index contributed by atoms with van der Waals surface area (Å²) in [6.07, 6.45) is 2.82. The number of benzene rings is 1. The van der Waals surface area contributed by atoms with Crippen LogP contribution in [-0.4, -0.2) is 55.1 Å². The molecule has 3 rings (SSSR count). The molecular weight excluding hydrogens is 312 g/mol. The summed E-state index contributed by atoms with van der Waals surface area (Å²) in [5, 5.41) is 0. The van der Waals surface area contributed by atoms with Crippen molar-refractivity contribution in [3.63, 3.8) is 0 Å². The van der Waals surface area contributed by atoms with Gasteiger partial charge >= 0.3 is 0 Å². The summed E-state index contributed by atoms with van der Waals surface area (Å²) in [6.45, 7) is 4.30. The zero-order valence-electron chi connectivity index (χ0n) is 13.3. The van der Waals surface area contributed by atoms with Crippen molar-refractivity contribution in [1.29, 1.82) is 0 Å². The van der Waals surface area contributed by atoms with Crippen molar-refractivity contribution in [2.45, 2.75) is 6.92 Å². The average molecular weight is 332 g/mol. The zero-order chi connectivity index (χ0) is 16.4. The second-order valence-electron chi connectivity index (χ2n) is 5.78. The van der Waals surface area contributed by atoms with E-state index in [0.29, 0.717) is 26.2 Å². The van der Waals surface area contributed by atoms with Gasteiger partial charge in [0.2, 0.25) is 10.0 Å². The second-order valence-corrected chi connectivity index (χ2v) is 7.76. The first kappa shape index (κ1) is 15.9. The van der Waals surface area contributed by atoms with E-state index in [1.807, 2.05) is 18.2 Å². The Bertz CT molecular complexity index is 782. The first-order valence-electron chi connectivity index (χ1n) is 7.53. The molecule has 0 aliphatic carbocycles. The van der Waals surface area contributed by atoms with Crippen molar-refractivity contribution in [2.24, 2.45) is 0 Å². The van der Waals surface area contributed by atoms with Gasteiger partial charge in [0.15, 0.2) is 0 Å². The summed E-state index contributed by atoms with van der Waals surface area (Å²) in [4.78, 5) is 10.8. The van der Waals surface area contributed by atoms with Gasteiger partial charge in [-0.05, 0) is 6.92 Å². The Hall–Kier alpha value is -1.99. The molecule has 1 aliphatic rings. The van der Waals surface area contributed by atoms with E-state index in [2.05, 4.69) is 33.9 Å². The van der Waals surface area contributed by atoms with Gasteiger partial charge in [-0.1, -0.05) is 29.8 Å². The number of aromatic nitrogens is 2. The summed E-state index contributed by atoms with van der Waals surface area (Å²) in [7, 11) is -3.11. The zero-order valence-corrected chi connectivity index (χ0v) is 14.1. The normalized spacial score (nSPS) is 16.5. The second kappa shape index (κ2) is 6.25. The Balaban J connectivity index is 1.77. The predicted octanol–water partition coefficient (Wildman–Crippen LogP) is 1.53. The lowest BCUT2D eigenvalue weighted by molar-refractivity contribution is 0.387. The summed E-state index contributed by atoms with van der Waals surface area (Å²) in [6, 6.07) is 10.2. The Kier molecular flexibility index (Phi) is 4.32. The van der Waals surface area contributed by atoms with Crippen molar-refractivity contribution >= 4 is 15.8 Å². The van der Waals surface area contributed by atoms with E-state index in [1.54, 1.807) is 6.33 Å². The molecule has 0 unspecified atom stereocenters. The quantitative estimate of drug-likeness (QED) is 0.853. The minimum atomic E-state index is -3.11. The molecule has 0 N–H and O–H groups in total. The van der Waals surface area contributed by atoms with Gasteiger partial charge in [-0.2, -0.15) is 4.31 Å². The first-order valence-corrected chi connectivity index (χ1v) is 9.37. The van der Waals surface area contributed by atoms with Gasteiger partial charge in [0.05, 0.1) is 11.9 Å². The molecule has 1 fully saturated rings. The Morgan fingerprint density at radius 3 is 2.26 bits per heavy atom. The highest BCUT2D eigenvalue weighted by atomic mass is 32.2. The molecule has 1 aliphatic heterocycles. The summed E-state index contributed by atoms with van der Waals surface area (Å²) in [5.74, 6) is 0.837. The standard InChI is InChI=1S/C16H20N4O2S/c1-13-3-5-14(6-4-13)15-11-16(18-12-17-15)19-7-9-20(10-8-19)23(2,21)22/h3-6,11-12H,7-10H2,1-2H3. The highest BCUT2D eigenvalue weighted by molar-refractivity contribution is 7.88. The maximum Gasteiger partial charge on any atom is 0.211 e. The molecule has 2 aromatic rings. The van der Waals surface area contributed by atoms with E-state index in [9.17, 15) is 8.42 Å². The lowest BCUT2D eigenvalue weighted by Gasteiger charge is -2.34. The molecule has 0 atom stereocenters. The van der Waals surface area contributed by atoms with Gasteiger partial charge in [0.25, 0.3) is 0 Å². The molecule has 6 nitrogen and oxygen atoms in total. The van der Waals surface area contributed by atoms with Crippen LogP contribution in [0.15, 0.2) is 36.7 Å². The Morgan fingerprint density at radius 1 is 1.00 bits per heavy atom. The molecule has 0 bridgehead atoms. The summed E-state index contributed by atoms with van der Waals surface area (Å²) < 4.78 is 24.7. The smallest absolute Gasteiger partial charge is 0.211 e. The number of rotatable bonds is 3. The molecule has 0 radical (unpaired) electrons. The number of nitrogens with zero attached hydrogens (tertiary/aromatic N) is 4. The van der Waals surface area contributed by atoms with Crippen molar-refractivity contribution in [3.8, 4) is 11.3 Å². The molecule has 1 saturated heterocycles. The number of piperazine rings is 1. The average Bonchev–Trinajstić information content (AvgIpc) is 2.55. The monoisotopic (exact) mass is 332 g/mol. The number of hydrogen-bond acceptors (Lipinski definition) is 5. The third kappa shape index (κ3) is 3.68. The molecule has 0 amide bonds. The molecule has 122 valence electrons. The van der Waals surface area contributed by atoms with E-state index >= 15 is 0 Å². The Morgan fingerprint density at radius 2 is 1.65 bits per heavy atom. The van der Waals surface area contributed by atoms with E-state index in [-0.39, 0.29) is 0 Å². The van der Waals surface area contributed by atoms with Gasteiger partial charge in [0.1, 0.15) is 12.1 Å². The third-order valence-electron chi connectivity index (χ3n) is 4.03. The topological polar surface area (TPSA) is 66.4 Å². The van der Waals surface area contributed by atoms with Gasteiger partial charge in [-0.3, -0.25) is 0 Å². The van der Waals surface area contributed by atoms with Crippen molar-refractivity contribution in [2.75, 3.05) is 37.3 Å². The largest absolute Gasteiger partial charge is 0.354 e. The molecule has 1 aromatic carbocycles. The molecule has 0 saturated carbocycles. The van der Waals surface area contributed by atoms with E-state index in [4.69, 9.17) is 0 Å². The van der Waals surface area contributed by atoms with E-state index in [0.717, 1.165) is 17.1 Å². The fourth-order valence-electron chi connectivity index (χ4n) is 2.65. The van der Waals surface area contributed by atoms with Crippen LogP contribution >= 0.6 is 0 Å². The molecule has 2 heterocycles. The molecular formula is C16H20N4O2S. The van der Waals surface area contributed by atoms with Crippen LogP contribution in [0.25, 0.3) is 11.3 Å². The fourth-order valence-corrected chi connectivity index (χ4v) is 3.48. The van der Waals surface area contributed by atoms with Crippen LogP contribution in [-0.2, 0) is 10.0 Å². The summed E-state index contributed by atoms with van der Waals surface area (Å²) in [5.41, 5.74) is 3.13. The van der Waals surface area contributed by atoms with Gasteiger partial charge in [0, 0.05) is 37.8 Å². The molecule has 23 heavy (non-hydrogen) atoms. The maximum atomic E-state index is 11.6. The number of hydrogen-bond donors (Lipinski definition) is 0. The van der Waals surface area contributed by atoms with Crippen LogP contribution in [0.3, 0.4) is 0 Å². The van der Waals surface area contributed by atoms with Crippen LogP contribution in [0, 0.1) is 6.92 Å². The Labute approximate surface area is 136 Å². The van der Waals surface area contributed by atoms with Gasteiger partial charge in [-0.25, -0.2) is 18.4 Å². The highest BCUT2D eigenvalue weighted by Crippen LogP contribution is 2.22. The van der Waals surface area contributed by atoms with Gasteiger partial charge < -0.3 is 4.90 Å². The molecule has 7 heteroatoms. The number of aryl methyl sites for hydroxylation is 1. The SMILES string of the molecule is Cc1ccc(-c2cc(N3CCN(S(C)(=O)=O)CC3)ncn2)cc1. The lowest BCUT2D eigenvalue weighted by atomic mass is 10.1. The van der Waals surface area contributed by atoms with Crippen molar-refractivity contribution < 1.29 is 8.42 Å². The predicted molar refractivity (Wildman–Crippen MR) is 90.8 cm³/mol. The third-order valence-corrected chi connectivity index (χ3v) is 5.33. The van der Waals surface area contributed by atoms with Crippen LogP contribution in [0.5, 0.6) is 0 Å². The number of anilines is 1. The fraction of sp³-hybridized carbons (Fsp3) is 0.375. The van der Waals surface area contributed by atoms with Crippen LogP contribution in [0.1, 0.15) is 5.56 Å². The van der Waals surface area contributed by atoms with Crippen LogP contribution in [0.4, 0.5) is 5.82 Å². The van der Waals surface area contributed by atoms with Crippen LogP contribution in [0.2, 0.25) is 0 Å². The van der Waals surface area contributed by atoms with Gasteiger partial charge in [-0.15, -0.1) is 0 Å². The van der Waals surface area contributed by atoms with Crippen molar-refractivity contribution in [3.05, 3.63) is 42.2 Å². The summed E-state index contributed by atoms with van der Waals surface area (Å²) >= 11 is 0. The number of sulfonamides is 1. The van der Waals surface area contributed by atoms with E-state index in [1.165, 1.54) is 16.1 Å². The minimum Gasteiger partial charge on any atom is -0.354 e. The minimum absolute atomic E-state index is 0.489. The van der Waals surface area contributed by atoms with Crippen LogP contribution < -0.4 is 4.90 Å².